The molecule has 1 amide bonds. The summed E-state index contributed by atoms with van der Waals surface area (Å²) in [5.41, 5.74) is 5.34. The first-order valence-electron chi connectivity index (χ1n) is 11.8. The third-order valence-corrected chi connectivity index (χ3v) is 7.27. The van der Waals surface area contributed by atoms with Gasteiger partial charge in [-0.2, -0.15) is 0 Å². The van der Waals surface area contributed by atoms with Gasteiger partial charge < -0.3 is 5.11 Å². The number of hydrogen-bond acceptors (Lipinski definition) is 4. The quantitative estimate of drug-likeness (QED) is 0.279. The summed E-state index contributed by atoms with van der Waals surface area (Å²) in [6.07, 6.45) is 4.87. The van der Waals surface area contributed by atoms with Gasteiger partial charge in [-0.15, -0.1) is 0 Å². The Morgan fingerprint density at radius 3 is 2.05 bits per heavy atom. The van der Waals surface area contributed by atoms with Crippen molar-refractivity contribution in [3.8, 4) is 5.75 Å². The summed E-state index contributed by atoms with van der Waals surface area (Å²) >= 11 is 0. The molecule has 186 valence electrons. The van der Waals surface area contributed by atoms with Crippen molar-refractivity contribution in [2.24, 2.45) is 0 Å². The van der Waals surface area contributed by atoms with Crippen molar-refractivity contribution in [3.05, 3.63) is 144 Å². The Labute approximate surface area is 217 Å². The van der Waals surface area contributed by atoms with Crippen LogP contribution >= 0.6 is 0 Å². The minimum Gasteiger partial charge on any atom is -0.508 e. The Balaban J connectivity index is 1.55. The Hall–Kier alpha value is -4.42. The Kier molecular flexibility index (Phi) is 8.01. The van der Waals surface area contributed by atoms with E-state index in [9.17, 15) is 18.3 Å². The molecule has 4 aromatic carbocycles. The average molecular weight is 510 g/mol. The van der Waals surface area contributed by atoms with Gasteiger partial charge in [0.2, 0.25) is 0 Å². The summed E-state index contributed by atoms with van der Waals surface area (Å²) in [5, 5.41) is 9.52. The molecular weight excluding hydrogens is 482 g/mol. The SMILES string of the molecule is CC=C(c1ccccc1)C(c1ccccc1)c1ccc(C=CC(=O)NS(=O)(=O)c2cccc(O)c2)cc1. The van der Waals surface area contributed by atoms with E-state index in [1.807, 2.05) is 72.3 Å². The summed E-state index contributed by atoms with van der Waals surface area (Å²) in [7, 11) is -4.09. The minimum absolute atomic E-state index is 0.0161. The lowest BCUT2D eigenvalue weighted by Gasteiger charge is -2.22. The number of benzene rings is 4. The van der Waals surface area contributed by atoms with E-state index in [2.05, 4.69) is 30.3 Å². The number of nitrogens with one attached hydrogen (secondary N) is 1. The van der Waals surface area contributed by atoms with Gasteiger partial charge in [-0.25, -0.2) is 13.1 Å². The molecule has 0 aliphatic carbocycles. The second-order valence-electron chi connectivity index (χ2n) is 8.42. The number of aromatic hydroxyl groups is 1. The molecule has 4 rings (SSSR count). The monoisotopic (exact) mass is 509 g/mol. The third-order valence-electron chi connectivity index (χ3n) is 5.92. The van der Waals surface area contributed by atoms with Crippen molar-refractivity contribution >= 4 is 27.6 Å². The van der Waals surface area contributed by atoms with E-state index in [1.54, 1.807) is 6.08 Å². The maximum Gasteiger partial charge on any atom is 0.264 e. The third kappa shape index (κ3) is 6.42. The molecule has 0 fully saturated rings. The average Bonchev–Trinajstić information content (AvgIpc) is 2.91. The van der Waals surface area contributed by atoms with Gasteiger partial charge in [0.15, 0.2) is 0 Å². The van der Waals surface area contributed by atoms with E-state index in [-0.39, 0.29) is 16.6 Å². The number of allylic oxidation sites excluding steroid dienone is 2. The topological polar surface area (TPSA) is 83.5 Å². The predicted octanol–water partition coefficient (Wildman–Crippen LogP) is 6.15. The number of sulfonamides is 1. The molecule has 4 aromatic rings. The smallest absolute Gasteiger partial charge is 0.264 e. The van der Waals surface area contributed by atoms with Crippen LogP contribution in [0.25, 0.3) is 11.6 Å². The van der Waals surface area contributed by atoms with Crippen molar-refractivity contribution in [1.82, 2.24) is 4.72 Å². The fourth-order valence-electron chi connectivity index (χ4n) is 4.18. The molecule has 6 heteroatoms. The highest BCUT2D eigenvalue weighted by Crippen LogP contribution is 2.37. The zero-order valence-corrected chi connectivity index (χ0v) is 21.1. The van der Waals surface area contributed by atoms with E-state index in [1.165, 1.54) is 35.4 Å². The summed E-state index contributed by atoms with van der Waals surface area (Å²) in [6, 6.07) is 33.5. The van der Waals surface area contributed by atoms with Gasteiger partial charge in [-0.05, 0) is 53.0 Å². The first kappa shape index (κ1) is 25.7. The second-order valence-corrected chi connectivity index (χ2v) is 10.1. The molecule has 0 spiro atoms. The molecule has 37 heavy (non-hydrogen) atoms. The van der Waals surface area contributed by atoms with Crippen molar-refractivity contribution in [1.29, 1.82) is 0 Å². The maximum absolute atomic E-state index is 12.4. The van der Waals surface area contributed by atoms with E-state index >= 15 is 0 Å². The maximum atomic E-state index is 12.4. The Morgan fingerprint density at radius 1 is 0.811 bits per heavy atom. The predicted molar refractivity (Wildman–Crippen MR) is 147 cm³/mol. The second kappa shape index (κ2) is 11.5. The molecule has 0 aliphatic rings. The van der Waals surface area contributed by atoms with Gasteiger partial charge in [-0.3, -0.25) is 4.79 Å². The van der Waals surface area contributed by atoms with Crippen LogP contribution in [0, 0.1) is 0 Å². The fourth-order valence-corrected chi connectivity index (χ4v) is 5.16. The molecule has 0 bridgehead atoms. The number of carbonyl (C=O) groups excluding carboxylic acids is 1. The molecule has 1 atom stereocenters. The molecule has 0 aliphatic heterocycles. The number of rotatable bonds is 8. The summed E-state index contributed by atoms with van der Waals surface area (Å²) < 4.78 is 26.8. The highest BCUT2D eigenvalue weighted by Gasteiger charge is 2.20. The van der Waals surface area contributed by atoms with Crippen LogP contribution in [0.2, 0.25) is 0 Å². The lowest BCUT2D eigenvalue weighted by Crippen LogP contribution is -2.28. The number of carbonyl (C=O) groups is 1. The Bertz CT molecular complexity index is 1530. The number of phenols is 1. The van der Waals surface area contributed by atoms with Crippen molar-refractivity contribution in [3.63, 3.8) is 0 Å². The van der Waals surface area contributed by atoms with Gasteiger partial charge in [0.1, 0.15) is 5.75 Å². The van der Waals surface area contributed by atoms with E-state index in [0.717, 1.165) is 22.8 Å². The summed E-state index contributed by atoms with van der Waals surface area (Å²) in [6.45, 7) is 2.04. The molecular formula is C31H27NO4S. The van der Waals surface area contributed by atoms with E-state index in [0.29, 0.717) is 0 Å². The van der Waals surface area contributed by atoms with E-state index in [4.69, 9.17) is 0 Å². The van der Waals surface area contributed by atoms with Crippen LogP contribution in [0.1, 0.15) is 35.1 Å². The standard InChI is InChI=1S/C31H27NO4S/c1-2-29(24-10-5-3-6-11-24)31(25-12-7-4-8-13-25)26-19-16-23(17-20-26)18-21-30(34)32-37(35,36)28-15-9-14-27(33)22-28/h2-22,31,33H,1H3,(H,32,34). The molecule has 0 saturated carbocycles. The zero-order chi connectivity index (χ0) is 26.3. The largest absolute Gasteiger partial charge is 0.508 e. The first-order valence-corrected chi connectivity index (χ1v) is 13.3. The molecule has 0 heterocycles. The van der Waals surface area contributed by atoms with Crippen LogP contribution in [0.15, 0.2) is 126 Å². The molecule has 1 unspecified atom stereocenters. The molecule has 0 saturated heterocycles. The van der Waals surface area contributed by atoms with Crippen LogP contribution in [0.3, 0.4) is 0 Å². The molecule has 5 nitrogen and oxygen atoms in total. The summed E-state index contributed by atoms with van der Waals surface area (Å²) in [4.78, 5) is 12.1. The molecule has 0 aromatic heterocycles. The highest BCUT2D eigenvalue weighted by molar-refractivity contribution is 7.90. The number of hydrogen-bond donors (Lipinski definition) is 2. The van der Waals surface area contributed by atoms with Crippen LogP contribution in [0.5, 0.6) is 5.75 Å². The van der Waals surface area contributed by atoms with Crippen LogP contribution in [0.4, 0.5) is 0 Å². The highest BCUT2D eigenvalue weighted by atomic mass is 32.2. The van der Waals surface area contributed by atoms with Crippen LogP contribution < -0.4 is 4.72 Å². The lowest BCUT2D eigenvalue weighted by molar-refractivity contribution is -0.114. The zero-order valence-electron chi connectivity index (χ0n) is 20.3. The van der Waals surface area contributed by atoms with Gasteiger partial charge >= 0.3 is 0 Å². The van der Waals surface area contributed by atoms with Gasteiger partial charge in [0.25, 0.3) is 15.9 Å². The lowest BCUT2D eigenvalue weighted by atomic mass is 9.81. The molecule has 0 radical (unpaired) electrons. The van der Waals surface area contributed by atoms with E-state index < -0.39 is 15.9 Å². The fraction of sp³-hybridized carbons (Fsp3) is 0.0645. The van der Waals surface area contributed by atoms with Crippen molar-refractivity contribution in [2.45, 2.75) is 17.7 Å². The summed E-state index contributed by atoms with van der Waals surface area (Å²) in [5.74, 6) is -0.967. The first-order chi connectivity index (χ1) is 17.9. The van der Waals surface area contributed by atoms with Gasteiger partial charge in [0.05, 0.1) is 4.90 Å². The van der Waals surface area contributed by atoms with Gasteiger partial charge in [-0.1, -0.05) is 97.1 Å². The number of amides is 1. The van der Waals surface area contributed by atoms with Crippen molar-refractivity contribution < 1.29 is 18.3 Å². The van der Waals surface area contributed by atoms with Crippen LogP contribution in [-0.2, 0) is 14.8 Å². The van der Waals surface area contributed by atoms with Crippen molar-refractivity contribution in [2.75, 3.05) is 0 Å². The normalized spacial score (nSPS) is 12.8. The number of phenolic OH excluding ortho intramolecular Hbond substituents is 1. The van der Waals surface area contributed by atoms with Gasteiger partial charge in [0, 0.05) is 18.1 Å². The minimum atomic E-state index is -4.09. The Morgan fingerprint density at radius 2 is 1.43 bits per heavy atom. The molecule has 2 N–H and O–H groups in total. The van der Waals surface area contributed by atoms with Crippen LogP contribution in [-0.4, -0.2) is 19.4 Å².